The van der Waals surface area contributed by atoms with Crippen LogP contribution < -0.4 is 5.43 Å². The summed E-state index contributed by atoms with van der Waals surface area (Å²) >= 11 is 0.0271. The topological polar surface area (TPSA) is 54.4 Å². The Morgan fingerprint density at radius 2 is 1.93 bits per heavy atom. The second-order valence-electron chi connectivity index (χ2n) is 2.32. The normalized spacial score (nSPS) is 11.4. The van der Waals surface area contributed by atoms with Crippen molar-refractivity contribution in [1.29, 1.82) is 0 Å². The highest BCUT2D eigenvalue weighted by Gasteiger charge is 2.32. The molecule has 1 aromatic rings. The molecule has 1 N–H and O–H groups in total. The lowest BCUT2D eigenvalue weighted by Gasteiger charge is -2.04. The Hall–Kier alpha value is -1.37. The van der Waals surface area contributed by atoms with Crippen LogP contribution >= 0.6 is 11.3 Å². The average Bonchev–Trinajstić information content (AvgIpc) is 2.01. The highest BCUT2D eigenvalue weighted by molar-refractivity contribution is 7.13. The van der Waals surface area contributed by atoms with Crippen LogP contribution in [0.2, 0.25) is 0 Å². The van der Waals surface area contributed by atoms with Crippen LogP contribution in [0.25, 0.3) is 0 Å². The monoisotopic (exact) mass is 224 g/mol. The summed E-state index contributed by atoms with van der Waals surface area (Å²) in [5.41, 5.74) is -0.964. The zero-order valence-electron chi connectivity index (χ0n) is 6.46. The van der Waals surface area contributed by atoms with Crippen LogP contribution in [0.1, 0.15) is 14.5 Å². The van der Waals surface area contributed by atoms with E-state index >= 15 is 0 Å². The zero-order chi connectivity index (χ0) is 10.9. The minimum absolute atomic E-state index is 0.0271. The number of hydrogen-bond acceptors (Lipinski definition) is 3. The predicted molar refractivity (Wildman–Crippen MR) is 42.6 cm³/mol. The summed E-state index contributed by atoms with van der Waals surface area (Å²) in [5, 5.41) is 8.40. The molecule has 0 amide bonds. The van der Waals surface area contributed by atoms with Crippen molar-refractivity contribution in [3.63, 3.8) is 0 Å². The van der Waals surface area contributed by atoms with Gasteiger partial charge in [-0.15, -0.1) is 11.3 Å². The molecule has 0 aliphatic heterocycles. The van der Waals surface area contributed by atoms with Crippen LogP contribution in [-0.4, -0.2) is 11.1 Å². The number of carboxylic acids is 1. The maximum Gasteiger partial charge on any atom is 0.425 e. The molecule has 0 aromatic carbocycles. The van der Waals surface area contributed by atoms with Crippen LogP contribution in [0, 0.1) is 0 Å². The number of aromatic carboxylic acids is 1. The highest BCUT2D eigenvalue weighted by Crippen LogP contribution is 2.32. The van der Waals surface area contributed by atoms with E-state index in [0.717, 1.165) is 0 Å². The van der Waals surface area contributed by atoms with E-state index in [4.69, 9.17) is 5.11 Å². The number of carboxylic acid groups (broad SMARTS) is 1. The molecular formula is C7H3F3O3S. The lowest BCUT2D eigenvalue weighted by molar-refractivity contribution is -0.134. The van der Waals surface area contributed by atoms with Crippen molar-refractivity contribution in [1.82, 2.24) is 0 Å². The predicted octanol–water partition coefficient (Wildman–Crippen LogP) is 1.83. The second-order valence-corrected chi connectivity index (χ2v) is 3.41. The van der Waals surface area contributed by atoms with Crippen molar-refractivity contribution in [2.24, 2.45) is 0 Å². The van der Waals surface area contributed by atoms with E-state index < -0.39 is 27.3 Å². The van der Waals surface area contributed by atoms with E-state index in [9.17, 15) is 22.8 Å². The van der Waals surface area contributed by atoms with Crippen molar-refractivity contribution in [3.05, 3.63) is 32.1 Å². The lowest BCUT2D eigenvalue weighted by Crippen LogP contribution is -2.11. The van der Waals surface area contributed by atoms with Crippen LogP contribution in [0.15, 0.2) is 16.9 Å². The Morgan fingerprint density at radius 1 is 1.36 bits per heavy atom. The summed E-state index contributed by atoms with van der Waals surface area (Å²) in [6.07, 6.45) is -4.69. The van der Waals surface area contributed by atoms with E-state index in [1.165, 1.54) is 0 Å². The fourth-order valence-electron chi connectivity index (χ4n) is 0.723. The van der Waals surface area contributed by atoms with Gasteiger partial charge >= 0.3 is 12.1 Å². The van der Waals surface area contributed by atoms with Gasteiger partial charge in [-0.25, -0.2) is 4.79 Å². The molecule has 0 saturated carbocycles. The molecule has 1 aromatic heterocycles. The summed E-state index contributed by atoms with van der Waals surface area (Å²) in [4.78, 5) is 19.2. The van der Waals surface area contributed by atoms with Gasteiger partial charge in [0.2, 0.25) is 0 Å². The molecule has 3 nitrogen and oxygen atoms in total. The fraction of sp³-hybridized carbons (Fsp3) is 0.143. The highest BCUT2D eigenvalue weighted by atomic mass is 32.1. The van der Waals surface area contributed by atoms with Gasteiger partial charge in [-0.1, -0.05) is 0 Å². The molecule has 0 aliphatic rings. The Kier molecular flexibility index (Phi) is 2.61. The standard InChI is InChI=1S/C7H3F3O3S/c8-7(9,10)5-2-3(11)1-4(14-5)6(12)13/h1-2H,(H,12,13). The molecule has 0 aliphatic carbocycles. The van der Waals surface area contributed by atoms with Crippen molar-refractivity contribution in [2.75, 3.05) is 0 Å². The molecule has 7 heteroatoms. The second kappa shape index (κ2) is 3.41. The summed E-state index contributed by atoms with van der Waals surface area (Å²) in [6, 6.07) is 1.03. The van der Waals surface area contributed by atoms with Gasteiger partial charge in [0.05, 0.1) is 0 Å². The van der Waals surface area contributed by atoms with Crippen LogP contribution in [0.3, 0.4) is 0 Å². The Labute approximate surface area is 79.4 Å². The summed E-state index contributed by atoms with van der Waals surface area (Å²) in [5.74, 6) is -1.54. The molecule has 0 unspecified atom stereocenters. The lowest BCUT2D eigenvalue weighted by atomic mass is 10.4. The molecule has 1 rings (SSSR count). The van der Waals surface area contributed by atoms with E-state index in [2.05, 4.69) is 0 Å². The first-order chi connectivity index (χ1) is 6.30. The quantitative estimate of drug-likeness (QED) is 0.791. The van der Waals surface area contributed by atoms with Gasteiger partial charge in [0.25, 0.3) is 0 Å². The summed E-state index contributed by atoms with van der Waals surface area (Å²) in [6.45, 7) is 0. The van der Waals surface area contributed by atoms with Gasteiger partial charge in [0, 0.05) is 12.1 Å². The van der Waals surface area contributed by atoms with E-state index in [1.807, 2.05) is 0 Å². The van der Waals surface area contributed by atoms with Crippen molar-refractivity contribution >= 4 is 17.3 Å². The zero-order valence-corrected chi connectivity index (χ0v) is 7.28. The number of hydrogen-bond donors (Lipinski definition) is 1. The third kappa shape index (κ3) is 2.32. The Morgan fingerprint density at radius 3 is 2.36 bits per heavy atom. The van der Waals surface area contributed by atoms with E-state index in [1.54, 1.807) is 0 Å². The van der Waals surface area contributed by atoms with Crippen molar-refractivity contribution in [3.8, 4) is 0 Å². The minimum Gasteiger partial charge on any atom is -0.477 e. The number of carbonyl (C=O) groups is 1. The van der Waals surface area contributed by atoms with Gasteiger partial charge < -0.3 is 5.11 Å². The Bertz CT molecular complexity index is 421. The number of halogens is 3. The first-order valence-corrected chi connectivity index (χ1v) is 4.08. The third-order valence-corrected chi connectivity index (χ3v) is 2.34. The van der Waals surface area contributed by atoms with Gasteiger partial charge in [0.15, 0.2) is 5.43 Å². The third-order valence-electron chi connectivity index (χ3n) is 1.26. The molecule has 76 valence electrons. The van der Waals surface area contributed by atoms with Gasteiger partial charge in [-0.3, -0.25) is 4.79 Å². The SMILES string of the molecule is O=C(O)c1cc(=O)cc(C(F)(F)F)s1. The first-order valence-electron chi connectivity index (χ1n) is 3.26. The van der Waals surface area contributed by atoms with Crippen LogP contribution in [-0.2, 0) is 6.18 Å². The van der Waals surface area contributed by atoms with Gasteiger partial charge in [-0.05, 0) is 0 Å². The number of rotatable bonds is 1. The van der Waals surface area contributed by atoms with Crippen LogP contribution in [0.5, 0.6) is 0 Å². The molecule has 0 fully saturated rings. The van der Waals surface area contributed by atoms with E-state index in [-0.39, 0.29) is 11.3 Å². The molecule has 0 atom stereocenters. The van der Waals surface area contributed by atoms with Crippen molar-refractivity contribution < 1.29 is 23.1 Å². The maximum atomic E-state index is 12.1. The molecule has 1 heterocycles. The van der Waals surface area contributed by atoms with E-state index in [0.29, 0.717) is 12.1 Å². The summed E-state index contributed by atoms with van der Waals surface area (Å²) in [7, 11) is 0. The molecular weight excluding hydrogens is 221 g/mol. The fourth-order valence-corrected chi connectivity index (χ4v) is 1.51. The summed E-state index contributed by atoms with van der Waals surface area (Å²) < 4.78 is 36.3. The molecule has 0 radical (unpaired) electrons. The number of alkyl halides is 3. The van der Waals surface area contributed by atoms with Crippen LogP contribution in [0.4, 0.5) is 13.2 Å². The molecule has 0 spiro atoms. The molecule has 0 saturated heterocycles. The van der Waals surface area contributed by atoms with Crippen molar-refractivity contribution in [2.45, 2.75) is 6.18 Å². The smallest absolute Gasteiger partial charge is 0.425 e. The largest absolute Gasteiger partial charge is 0.477 e. The van der Waals surface area contributed by atoms with Gasteiger partial charge in [-0.2, -0.15) is 13.2 Å². The van der Waals surface area contributed by atoms with Gasteiger partial charge in [0.1, 0.15) is 9.75 Å². The molecule has 14 heavy (non-hydrogen) atoms. The maximum absolute atomic E-state index is 12.1. The minimum atomic E-state index is -4.69. The first kappa shape index (κ1) is 10.7. The Balaban J connectivity index is 3.35. The molecule has 0 bridgehead atoms. The average molecular weight is 224 g/mol.